The Balaban J connectivity index is 2.55. The van der Waals surface area contributed by atoms with E-state index < -0.39 is 17.4 Å². The molecule has 0 saturated carbocycles. The largest absolute Gasteiger partial charge is 0.288 e. The Labute approximate surface area is 116 Å². The summed E-state index contributed by atoms with van der Waals surface area (Å²) in [7, 11) is 0. The molecular formula is C13H6BrClF2O. The monoisotopic (exact) mass is 330 g/mol. The van der Waals surface area contributed by atoms with E-state index in [1.54, 1.807) is 6.07 Å². The Morgan fingerprint density at radius 2 is 1.83 bits per heavy atom. The first kappa shape index (κ1) is 13.2. The van der Waals surface area contributed by atoms with Gasteiger partial charge in [-0.05, 0) is 30.3 Å². The first-order valence-electron chi connectivity index (χ1n) is 4.94. The number of ketones is 1. The summed E-state index contributed by atoms with van der Waals surface area (Å²) in [4.78, 5) is 12.1. The molecule has 5 heteroatoms. The molecule has 92 valence electrons. The van der Waals surface area contributed by atoms with Gasteiger partial charge in [0.15, 0.2) is 17.4 Å². The van der Waals surface area contributed by atoms with E-state index in [4.69, 9.17) is 11.6 Å². The van der Waals surface area contributed by atoms with Crippen LogP contribution in [-0.2, 0) is 0 Å². The predicted molar refractivity (Wildman–Crippen MR) is 68.9 cm³/mol. The van der Waals surface area contributed by atoms with Crippen molar-refractivity contribution in [1.82, 2.24) is 0 Å². The van der Waals surface area contributed by atoms with Crippen LogP contribution in [0.3, 0.4) is 0 Å². The van der Waals surface area contributed by atoms with Crippen LogP contribution in [0.1, 0.15) is 15.9 Å². The standard InChI is InChI=1S/C13H6BrClF2O/c14-7-4-5-10(15)9(6-7)13(18)8-2-1-3-11(16)12(8)17/h1-6H. The van der Waals surface area contributed by atoms with Crippen LogP contribution in [0.4, 0.5) is 8.78 Å². The maximum atomic E-state index is 13.5. The lowest BCUT2D eigenvalue weighted by atomic mass is 10.0. The number of rotatable bonds is 2. The summed E-state index contributed by atoms with van der Waals surface area (Å²) < 4.78 is 27.2. The average Bonchev–Trinajstić information content (AvgIpc) is 2.35. The van der Waals surface area contributed by atoms with Gasteiger partial charge in [0, 0.05) is 10.0 Å². The second-order valence-corrected chi connectivity index (χ2v) is 4.88. The van der Waals surface area contributed by atoms with E-state index in [9.17, 15) is 13.6 Å². The first-order valence-corrected chi connectivity index (χ1v) is 6.11. The van der Waals surface area contributed by atoms with E-state index in [1.807, 2.05) is 0 Å². The smallest absolute Gasteiger partial charge is 0.197 e. The molecule has 0 unspecified atom stereocenters. The normalized spacial score (nSPS) is 10.4. The van der Waals surface area contributed by atoms with Crippen LogP contribution in [0.2, 0.25) is 5.02 Å². The summed E-state index contributed by atoms with van der Waals surface area (Å²) in [5.74, 6) is -2.89. The maximum Gasteiger partial charge on any atom is 0.197 e. The number of hydrogen-bond acceptors (Lipinski definition) is 1. The highest BCUT2D eigenvalue weighted by Crippen LogP contribution is 2.25. The van der Waals surface area contributed by atoms with Gasteiger partial charge in [-0.15, -0.1) is 0 Å². The Bertz CT molecular complexity index is 624. The van der Waals surface area contributed by atoms with Crippen molar-refractivity contribution in [2.75, 3.05) is 0 Å². The van der Waals surface area contributed by atoms with E-state index >= 15 is 0 Å². The van der Waals surface area contributed by atoms with Crippen LogP contribution in [0.15, 0.2) is 40.9 Å². The second kappa shape index (κ2) is 5.16. The molecular weight excluding hydrogens is 325 g/mol. The molecule has 0 radical (unpaired) electrons. The van der Waals surface area contributed by atoms with Gasteiger partial charge >= 0.3 is 0 Å². The minimum Gasteiger partial charge on any atom is -0.288 e. The predicted octanol–water partition coefficient (Wildman–Crippen LogP) is 4.61. The molecule has 1 nitrogen and oxygen atoms in total. The molecule has 2 rings (SSSR count). The fraction of sp³-hybridized carbons (Fsp3) is 0. The molecule has 0 saturated heterocycles. The fourth-order valence-electron chi connectivity index (χ4n) is 1.50. The summed E-state index contributed by atoms with van der Waals surface area (Å²) in [5, 5.41) is 0.187. The molecule has 0 fully saturated rings. The zero-order valence-electron chi connectivity index (χ0n) is 8.88. The van der Waals surface area contributed by atoms with Crippen molar-refractivity contribution in [1.29, 1.82) is 0 Å². The number of halogens is 4. The third kappa shape index (κ3) is 2.44. The van der Waals surface area contributed by atoms with Gasteiger partial charge in [-0.25, -0.2) is 8.78 Å². The van der Waals surface area contributed by atoms with Crippen LogP contribution < -0.4 is 0 Å². The summed E-state index contributed by atoms with van der Waals surface area (Å²) in [6, 6.07) is 8.08. The van der Waals surface area contributed by atoms with Crippen molar-refractivity contribution in [2.45, 2.75) is 0 Å². The van der Waals surface area contributed by atoms with Crippen molar-refractivity contribution >= 4 is 33.3 Å². The van der Waals surface area contributed by atoms with Crippen molar-refractivity contribution in [3.63, 3.8) is 0 Å². The van der Waals surface area contributed by atoms with E-state index in [-0.39, 0.29) is 16.1 Å². The first-order chi connectivity index (χ1) is 8.50. The van der Waals surface area contributed by atoms with Gasteiger partial charge in [-0.2, -0.15) is 0 Å². The number of carbonyl (C=O) groups is 1. The van der Waals surface area contributed by atoms with Gasteiger partial charge in [0.2, 0.25) is 0 Å². The lowest BCUT2D eigenvalue weighted by Crippen LogP contribution is -2.06. The summed E-state index contributed by atoms with van der Waals surface area (Å²) in [6.45, 7) is 0. The number of benzene rings is 2. The average molecular weight is 332 g/mol. The molecule has 2 aromatic rings. The summed E-state index contributed by atoms with van der Waals surface area (Å²) >= 11 is 9.07. The molecule has 0 bridgehead atoms. The molecule has 0 amide bonds. The van der Waals surface area contributed by atoms with Gasteiger partial charge in [0.1, 0.15) is 0 Å². The third-order valence-corrected chi connectivity index (χ3v) is 3.19. The van der Waals surface area contributed by atoms with Crippen molar-refractivity contribution in [3.8, 4) is 0 Å². The molecule has 0 aliphatic rings. The topological polar surface area (TPSA) is 17.1 Å². The van der Waals surface area contributed by atoms with Crippen LogP contribution in [0.25, 0.3) is 0 Å². The Morgan fingerprint density at radius 1 is 1.11 bits per heavy atom. The molecule has 0 aromatic heterocycles. The highest BCUT2D eigenvalue weighted by molar-refractivity contribution is 9.10. The van der Waals surface area contributed by atoms with Crippen LogP contribution in [0.5, 0.6) is 0 Å². The van der Waals surface area contributed by atoms with E-state index in [2.05, 4.69) is 15.9 Å². The van der Waals surface area contributed by atoms with Crippen LogP contribution in [0, 0.1) is 11.6 Å². The number of carbonyl (C=O) groups excluding carboxylic acids is 1. The SMILES string of the molecule is O=C(c1cc(Br)ccc1Cl)c1cccc(F)c1F. The highest BCUT2D eigenvalue weighted by atomic mass is 79.9. The van der Waals surface area contributed by atoms with Gasteiger partial charge in [-0.3, -0.25) is 4.79 Å². The summed E-state index contributed by atoms with van der Waals surface area (Å²) in [5.41, 5.74) is -0.217. The second-order valence-electron chi connectivity index (χ2n) is 3.55. The lowest BCUT2D eigenvalue weighted by molar-refractivity contribution is 0.103. The zero-order chi connectivity index (χ0) is 13.3. The third-order valence-electron chi connectivity index (χ3n) is 2.37. The molecule has 0 atom stereocenters. The molecule has 0 aliphatic heterocycles. The van der Waals surface area contributed by atoms with Gasteiger partial charge in [0.05, 0.1) is 10.6 Å². The Hall–Kier alpha value is -1.26. The lowest BCUT2D eigenvalue weighted by Gasteiger charge is -2.06. The summed E-state index contributed by atoms with van der Waals surface area (Å²) in [6.07, 6.45) is 0. The van der Waals surface area contributed by atoms with Gasteiger partial charge in [0.25, 0.3) is 0 Å². The highest BCUT2D eigenvalue weighted by Gasteiger charge is 2.19. The van der Waals surface area contributed by atoms with Crippen molar-refractivity contribution in [2.24, 2.45) is 0 Å². The zero-order valence-corrected chi connectivity index (χ0v) is 11.2. The minimum absolute atomic E-state index is 0.121. The Morgan fingerprint density at radius 3 is 2.56 bits per heavy atom. The van der Waals surface area contributed by atoms with Gasteiger partial charge in [-0.1, -0.05) is 33.6 Å². The van der Waals surface area contributed by atoms with Crippen molar-refractivity contribution < 1.29 is 13.6 Å². The minimum atomic E-state index is -1.17. The van der Waals surface area contributed by atoms with Gasteiger partial charge < -0.3 is 0 Å². The van der Waals surface area contributed by atoms with E-state index in [0.29, 0.717) is 4.47 Å². The number of hydrogen-bond donors (Lipinski definition) is 0. The molecule has 0 N–H and O–H groups in total. The fourth-order valence-corrected chi connectivity index (χ4v) is 2.06. The Kier molecular flexibility index (Phi) is 3.78. The quantitative estimate of drug-likeness (QED) is 0.734. The molecule has 18 heavy (non-hydrogen) atoms. The van der Waals surface area contributed by atoms with E-state index in [0.717, 1.165) is 6.07 Å². The molecule has 2 aromatic carbocycles. The maximum absolute atomic E-state index is 13.5. The molecule has 0 aliphatic carbocycles. The molecule has 0 heterocycles. The van der Waals surface area contributed by atoms with Crippen LogP contribution in [-0.4, -0.2) is 5.78 Å². The van der Waals surface area contributed by atoms with E-state index in [1.165, 1.54) is 24.3 Å². The van der Waals surface area contributed by atoms with Crippen LogP contribution >= 0.6 is 27.5 Å². The molecule has 0 spiro atoms. The van der Waals surface area contributed by atoms with Crippen molar-refractivity contribution in [3.05, 3.63) is 68.7 Å².